The van der Waals surface area contributed by atoms with Crippen LogP contribution in [0.4, 0.5) is 0 Å². The molecule has 1 aromatic carbocycles. The first-order valence-corrected chi connectivity index (χ1v) is 11.8. The summed E-state index contributed by atoms with van der Waals surface area (Å²) in [5, 5.41) is 15.5. The first kappa shape index (κ1) is 21.8. The van der Waals surface area contributed by atoms with E-state index >= 15 is 0 Å². The van der Waals surface area contributed by atoms with Gasteiger partial charge in [-0.25, -0.2) is 0 Å². The maximum Gasteiger partial charge on any atom is 0.253 e. The molecule has 0 radical (unpaired) electrons. The standard InChI is InChI=1S/C18H21BrN6O2S2/c1-3-25-15(11(2)21-16(27)12-6-4-5-7-13(12)19)23-24-18(25)29-10-14(26)22-17-20-8-9-28-17/h4-7,11H,3,8-10H2,1-2H3,(H,21,27)(H,20,22,26)/t11-/m0/s1. The number of aliphatic imine (C=N–C) groups is 1. The fourth-order valence-electron chi connectivity index (χ4n) is 2.70. The van der Waals surface area contributed by atoms with Crippen LogP contribution < -0.4 is 10.6 Å². The lowest BCUT2D eigenvalue weighted by Gasteiger charge is -2.15. The summed E-state index contributed by atoms with van der Waals surface area (Å²) in [6, 6.07) is 6.91. The van der Waals surface area contributed by atoms with Crippen LogP contribution in [0.1, 0.15) is 36.1 Å². The third-order valence-corrected chi connectivity index (χ3v) is 6.63. The molecule has 2 heterocycles. The number of aromatic nitrogens is 3. The van der Waals surface area contributed by atoms with Gasteiger partial charge in [0.15, 0.2) is 16.1 Å². The molecule has 1 aliphatic rings. The fourth-order valence-corrected chi connectivity index (χ4v) is 4.72. The Morgan fingerprint density at radius 1 is 1.34 bits per heavy atom. The molecule has 0 aliphatic carbocycles. The lowest BCUT2D eigenvalue weighted by atomic mass is 10.2. The van der Waals surface area contributed by atoms with E-state index in [1.165, 1.54) is 11.8 Å². The van der Waals surface area contributed by atoms with Crippen LogP contribution >= 0.6 is 39.5 Å². The summed E-state index contributed by atoms with van der Waals surface area (Å²) in [4.78, 5) is 28.9. The molecule has 0 saturated carbocycles. The minimum atomic E-state index is -0.338. The van der Waals surface area contributed by atoms with Gasteiger partial charge < -0.3 is 15.2 Å². The van der Waals surface area contributed by atoms with Gasteiger partial charge in [-0.3, -0.25) is 14.6 Å². The molecule has 1 aromatic heterocycles. The number of nitrogens with zero attached hydrogens (tertiary/aromatic N) is 4. The maximum absolute atomic E-state index is 12.6. The molecule has 0 unspecified atom stereocenters. The third kappa shape index (κ3) is 5.61. The van der Waals surface area contributed by atoms with Crippen molar-refractivity contribution in [2.24, 2.45) is 4.99 Å². The molecule has 0 spiro atoms. The highest BCUT2D eigenvalue weighted by Crippen LogP contribution is 2.22. The minimum absolute atomic E-state index is 0.120. The number of carbonyl (C=O) groups is 2. The summed E-state index contributed by atoms with van der Waals surface area (Å²) in [6.07, 6.45) is 0. The van der Waals surface area contributed by atoms with Crippen LogP contribution in [0.3, 0.4) is 0 Å². The van der Waals surface area contributed by atoms with E-state index in [-0.39, 0.29) is 23.6 Å². The highest BCUT2D eigenvalue weighted by atomic mass is 79.9. The number of benzene rings is 1. The summed E-state index contributed by atoms with van der Waals surface area (Å²) < 4.78 is 2.64. The van der Waals surface area contributed by atoms with E-state index in [1.54, 1.807) is 17.8 Å². The molecular formula is C18H21BrN6O2S2. The molecule has 154 valence electrons. The molecule has 2 N–H and O–H groups in total. The van der Waals surface area contributed by atoms with Gasteiger partial charge in [0, 0.05) is 16.8 Å². The number of hydrogen-bond donors (Lipinski definition) is 2. The number of amidine groups is 1. The van der Waals surface area contributed by atoms with Crippen LogP contribution in [0.2, 0.25) is 0 Å². The van der Waals surface area contributed by atoms with E-state index in [2.05, 4.69) is 41.8 Å². The molecule has 0 saturated heterocycles. The number of carbonyl (C=O) groups excluding carboxylic acids is 2. The lowest BCUT2D eigenvalue weighted by Crippen LogP contribution is -2.29. The Bertz CT molecular complexity index is 933. The van der Waals surface area contributed by atoms with Crippen molar-refractivity contribution in [3.63, 3.8) is 0 Å². The number of hydrogen-bond acceptors (Lipinski definition) is 7. The third-order valence-electron chi connectivity index (χ3n) is 4.08. The topological polar surface area (TPSA) is 101 Å². The SMILES string of the molecule is CCn1c(SCC(=O)NC2=NCCS2)nnc1[C@H](C)NC(=O)c1ccccc1Br. The fraction of sp³-hybridized carbons (Fsp3) is 0.389. The second-order valence-corrected chi connectivity index (χ2v) is 9.01. The maximum atomic E-state index is 12.6. The highest BCUT2D eigenvalue weighted by Gasteiger charge is 2.21. The first-order valence-electron chi connectivity index (χ1n) is 9.08. The Hall–Kier alpha value is -1.85. The molecule has 0 fully saturated rings. The van der Waals surface area contributed by atoms with Gasteiger partial charge in [-0.15, -0.1) is 10.2 Å². The molecular weight excluding hydrogens is 476 g/mol. The number of rotatable bonds is 7. The smallest absolute Gasteiger partial charge is 0.253 e. The number of nitrogens with one attached hydrogen (secondary N) is 2. The van der Waals surface area contributed by atoms with Crippen molar-refractivity contribution < 1.29 is 9.59 Å². The van der Waals surface area contributed by atoms with Crippen molar-refractivity contribution in [1.29, 1.82) is 0 Å². The monoisotopic (exact) mass is 496 g/mol. The zero-order valence-corrected chi connectivity index (χ0v) is 19.2. The van der Waals surface area contributed by atoms with Gasteiger partial charge in [0.05, 0.1) is 23.9 Å². The molecule has 11 heteroatoms. The Morgan fingerprint density at radius 3 is 2.83 bits per heavy atom. The van der Waals surface area contributed by atoms with Crippen LogP contribution in [0.15, 0.2) is 38.9 Å². The summed E-state index contributed by atoms with van der Waals surface area (Å²) in [5.74, 6) is 1.45. The van der Waals surface area contributed by atoms with Crippen molar-refractivity contribution >= 4 is 56.4 Å². The van der Waals surface area contributed by atoms with Gasteiger partial charge in [0.25, 0.3) is 5.91 Å². The molecule has 2 aromatic rings. The number of halogens is 1. The average Bonchev–Trinajstić information content (AvgIpc) is 3.35. The van der Waals surface area contributed by atoms with Crippen LogP contribution in [0.25, 0.3) is 0 Å². The second-order valence-electron chi connectivity index (χ2n) is 6.13. The second kappa shape index (κ2) is 10.3. The Balaban J connectivity index is 1.62. The lowest BCUT2D eigenvalue weighted by molar-refractivity contribution is -0.117. The van der Waals surface area contributed by atoms with Gasteiger partial charge in [-0.05, 0) is 41.9 Å². The van der Waals surface area contributed by atoms with Crippen molar-refractivity contribution in [2.75, 3.05) is 18.1 Å². The molecule has 1 atom stereocenters. The molecule has 2 amide bonds. The van der Waals surface area contributed by atoms with Gasteiger partial charge >= 0.3 is 0 Å². The summed E-state index contributed by atoms with van der Waals surface area (Å²) in [5.41, 5.74) is 0.556. The van der Waals surface area contributed by atoms with Gasteiger partial charge in [-0.2, -0.15) is 0 Å². The summed E-state index contributed by atoms with van der Waals surface area (Å²) in [7, 11) is 0. The number of thioether (sulfide) groups is 2. The first-order chi connectivity index (χ1) is 14.0. The van der Waals surface area contributed by atoms with Crippen LogP contribution in [0.5, 0.6) is 0 Å². The van der Waals surface area contributed by atoms with E-state index in [0.29, 0.717) is 28.3 Å². The number of amides is 2. The van der Waals surface area contributed by atoms with Gasteiger partial charge in [0.2, 0.25) is 5.91 Å². The average molecular weight is 497 g/mol. The summed E-state index contributed by atoms with van der Waals surface area (Å²) in [6.45, 7) is 5.21. The van der Waals surface area contributed by atoms with E-state index in [4.69, 9.17) is 0 Å². The molecule has 29 heavy (non-hydrogen) atoms. The van der Waals surface area contributed by atoms with Gasteiger partial charge in [0.1, 0.15) is 0 Å². The van der Waals surface area contributed by atoms with Crippen molar-refractivity contribution in [2.45, 2.75) is 31.6 Å². The van der Waals surface area contributed by atoms with E-state index in [0.717, 1.165) is 16.8 Å². The van der Waals surface area contributed by atoms with Crippen molar-refractivity contribution in [3.05, 3.63) is 40.1 Å². The van der Waals surface area contributed by atoms with E-state index in [1.807, 2.05) is 36.6 Å². The quantitative estimate of drug-likeness (QED) is 0.571. The van der Waals surface area contributed by atoms with Crippen LogP contribution in [0, 0.1) is 0 Å². The Labute approximate surface area is 185 Å². The predicted molar refractivity (Wildman–Crippen MR) is 119 cm³/mol. The van der Waals surface area contributed by atoms with E-state index in [9.17, 15) is 9.59 Å². The zero-order chi connectivity index (χ0) is 20.8. The molecule has 8 nitrogen and oxygen atoms in total. The molecule has 1 aliphatic heterocycles. The van der Waals surface area contributed by atoms with Crippen LogP contribution in [-0.4, -0.2) is 49.8 Å². The predicted octanol–water partition coefficient (Wildman–Crippen LogP) is 2.86. The zero-order valence-electron chi connectivity index (χ0n) is 16.0. The molecule has 0 bridgehead atoms. The largest absolute Gasteiger partial charge is 0.342 e. The summed E-state index contributed by atoms with van der Waals surface area (Å²) >= 11 is 6.25. The van der Waals surface area contributed by atoms with Crippen molar-refractivity contribution in [1.82, 2.24) is 25.4 Å². The molecule has 3 rings (SSSR count). The highest BCUT2D eigenvalue weighted by molar-refractivity contribution is 9.10. The van der Waals surface area contributed by atoms with E-state index < -0.39 is 0 Å². The Kier molecular flexibility index (Phi) is 7.73. The van der Waals surface area contributed by atoms with Gasteiger partial charge in [-0.1, -0.05) is 35.7 Å². The minimum Gasteiger partial charge on any atom is -0.342 e. The van der Waals surface area contributed by atoms with Crippen molar-refractivity contribution in [3.8, 4) is 0 Å². The van der Waals surface area contributed by atoms with Crippen LogP contribution in [-0.2, 0) is 11.3 Å². The normalized spacial score (nSPS) is 14.4. The Morgan fingerprint density at radius 2 is 2.14 bits per heavy atom.